The molecule has 2 aromatic rings. The molecule has 1 heterocycles. The minimum absolute atomic E-state index is 0. The summed E-state index contributed by atoms with van der Waals surface area (Å²) in [7, 11) is 0. The highest BCUT2D eigenvalue weighted by atomic mass is 35.5. The average molecular weight is 359 g/mol. The Labute approximate surface area is 156 Å². The predicted octanol–water partition coefficient (Wildman–Crippen LogP) is 4.05. The fraction of sp³-hybridized carbons (Fsp3) is 0.381. The van der Waals surface area contributed by atoms with Gasteiger partial charge in [-0.3, -0.25) is 4.79 Å². The largest absolute Gasteiger partial charge is 0.331 e. The first-order valence-corrected chi connectivity index (χ1v) is 8.77. The van der Waals surface area contributed by atoms with Crippen molar-refractivity contribution in [2.24, 2.45) is 11.8 Å². The molecule has 25 heavy (non-hydrogen) atoms. The molecule has 0 saturated carbocycles. The number of amides is 1. The second kappa shape index (κ2) is 9.02. The third-order valence-corrected chi connectivity index (χ3v) is 5.14. The van der Waals surface area contributed by atoms with Crippen LogP contribution in [0.25, 0.3) is 0 Å². The molecule has 2 aromatic carbocycles. The van der Waals surface area contributed by atoms with Gasteiger partial charge in [0.2, 0.25) is 5.91 Å². The molecule has 1 saturated heterocycles. The third kappa shape index (κ3) is 4.62. The molecule has 0 aromatic heterocycles. The minimum Gasteiger partial charge on any atom is -0.331 e. The Morgan fingerprint density at radius 1 is 1.04 bits per heavy atom. The Kier molecular flexibility index (Phi) is 7.03. The number of hydrogen-bond donors (Lipinski definition) is 1. The Hall–Kier alpha value is -1.84. The zero-order chi connectivity index (χ0) is 16.9. The number of hydrogen-bond acceptors (Lipinski definition) is 2. The van der Waals surface area contributed by atoms with Gasteiger partial charge in [0.05, 0.1) is 6.04 Å². The van der Waals surface area contributed by atoms with Crippen LogP contribution >= 0.6 is 12.4 Å². The van der Waals surface area contributed by atoms with Gasteiger partial charge in [0.25, 0.3) is 0 Å². The molecule has 3 rings (SSSR count). The van der Waals surface area contributed by atoms with Crippen molar-refractivity contribution in [2.45, 2.75) is 26.4 Å². The zero-order valence-corrected chi connectivity index (χ0v) is 15.7. The summed E-state index contributed by atoms with van der Waals surface area (Å²) in [5.41, 5.74) is 2.35. The molecule has 1 aliphatic rings. The third-order valence-electron chi connectivity index (χ3n) is 5.14. The second-order valence-corrected chi connectivity index (χ2v) is 6.75. The van der Waals surface area contributed by atoms with E-state index in [1.807, 2.05) is 41.3 Å². The lowest BCUT2D eigenvalue weighted by Gasteiger charge is -2.37. The molecule has 0 aliphatic carbocycles. The van der Waals surface area contributed by atoms with E-state index in [0.29, 0.717) is 12.5 Å². The lowest BCUT2D eigenvalue weighted by Crippen LogP contribution is -2.50. The summed E-state index contributed by atoms with van der Waals surface area (Å²) in [5.74, 6) is 0.765. The molecule has 0 spiro atoms. The number of carbonyl (C=O) groups is 1. The first-order chi connectivity index (χ1) is 11.7. The SMILES string of the molecule is CC(C(=O)N(Cc1ccccc1)C(C)c1ccccc1)C1CNC1.Cl. The van der Waals surface area contributed by atoms with Crippen molar-refractivity contribution in [1.29, 1.82) is 0 Å². The van der Waals surface area contributed by atoms with Gasteiger partial charge in [-0.15, -0.1) is 12.4 Å². The number of carbonyl (C=O) groups excluding carboxylic acids is 1. The van der Waals surface area contributed by atoms with Crippen molar-refractivity contribution in [3.63, 3.8) is 0 Å². The van der Waals surface area contributed by atoms with Crippen LogP contribution in [0.2, 0.25) is 0 Å². The Morgan fingerprint density at radius 3 is 2.12 bits per heavy atom. The summed E-state index contributed by atoms with van der Waals surface area (Å²) in [5, 5.41) is 3.28. The van der Waals surface area contributed by atoms with Gasteiger partial charge in [-0.2, -0.15) is 0 Å². The van der Waals surface area contributed by atoms with E-state index in [1.165, 1.54) is 11.1 Å². The Bertz CT molecular complexity index is 658. The van der Waals surface area contributed by atoms with Crippen molar-refractivity contribution in [2.75, 3.05) is 13.1 Å². The van der Waals surface area contributed by atoms with Crippen molar-refractivity contribution < 1.29 is 4.79 Å². The van der Waals surface area contributed by atoms with E-state index in [0.717, 1.165) is 13.1 Å². The summed E-state index contributed by atoms with van der Waals surface area (Å²) >= 11 is 0. The van der Waals surface area contributed by atoms with E-state index in [4.69, 9.17) is 0 Å². The first kappa shape index (κ1) is 19.5. The van der Waals surface area contributed by atoms with Crippen LogP contribution in [0.4, 0.5) is 0 Å². The van der Waals surface area contributed by atoms with E-state index in [2.05, 4.69) is 43.4 Å². The topological polar surface area (TPSA) is 32.3 Å². The van der Waals surface area contributed by atoms with Crippen molar-refractivity contribution >= 4 is 18.3 Å². The van der Waals surface area contributed by atoms with E-state index in [-0.39, 0.29) is 30.3 Å². The van der Waals surface area contributed by atoms with Crippen LogP contribution in [0, 0.1) is 11.8 Å². The predicted molar refractivity (Wildman–Crippen MR) is 105 cm³/mol. The van der Waals surface area contributed by atoms with Gasteiger partial charge in [0.15, 0.2) is 0 Å². The lowest BCUT2D eigenvalue weighted by molar-refractivity contribution is -0.140. The van der Waals surface area contributed by atoms with Crippen molar-refractivity contribution in [1.82, 2.24) is 10.2 Å². The molecule has 1 aliphatic heterocycles. The van der Waals surface area contributed by atoms with Gasteiger partial charge in [-0.05, 0) is 37.1 Å². The summed E-state index contributed by atoms with van der Waals surface area (Å²) in [4.78, 5) is 15.2. The smallest absolute Gasteiger partial charge is 0.226 e. The van der Waals surface area contributed by atoms with Crippen LogP contribution < -0.4 is 5.32 Å². The lowest BCUT2D eigenvalue weighted by atomic mass is 9.87. The van der Waals surface area contributed by atoms with E-state index < -0.39 is 0 Å². The van der Waals surface area contributed by atoms with Crippen LogP contribution in [-0.4, -0.2) is 23.9 Å². The van der Waals surface area contributed by atoms with Crippen LogP contribution in [0.5, 0.6) is 0 Å². The van der Waals surface area contributed by atoms with E-state index in [9.17, 15) is 4.79 Å². The minimum atomic E-state index is 0. The zero-order valence-electron chi connectivity index (χ0n) is 14.9. The standard InChI is InChI=1S/C21H26N2O.ClH/c1-16(20-13-22-14-20)21(24)23(15-18-9-5-3-6-10-18)17(2)19-11-7-4-8-12-19;/h3-12,16-17,20,22H,13-15H2,1-2H3;1H. The molecule has 1 N–H and O–H groups in total. The molecule has 2 unspecified atom stereocenters. The first-order valence-electron chi connectivity index (χ1n) is 8.77. The molecule has 2 atom stereocenters. The number of nitrogens with zero attached hydrogens (tertiary/aromatic N) is 1. The average Bonchev–Trinajstić information content (AvgIpc) is 2.58. The summed E-state index contributed by atoms with van der Waals surface area (Å²) in [6, 6.07) is 20.6. The molecular weight excluding hydrogens is 332 g/mol. The summed E-state index contributed by atoms with van der Waals surface area (Å²) in [6.07, 6.45) is 0. The van der Waals surface area contributed by atoms with Gasteiger partial charge in [0, 0.05) is 12.5 Å². The van der Waals surface area contributed by atoms with Crippen LogP contribution in [0.1, 0.15) is 31.0 Å². The normalized spacial score (nSPS) is 16.2. The fourth-order valence-corrected chi connectivity index (χ4v) is 3.23. The molecule has 1 fully saturated rings. The highest BCUT2D eigenvalue weighted by Gasteiger charge is 2.33. The quantitative estimate of drug-likeness (QED) is 0.844. The Morgan fingerprint density at radius 2 is 1.60 bits per heavy atom. The highest BCUT2D eigenvalue weighted by Crippen LogP contribution is 2.27. The summed E-state index contributed by atoms with van der Waals surface area (Å²) in [6.45, 7) is 6.75. The van der Waals surface area contributed by atoms with Crippen molar-refractivity contribution in [3.05, 3.63) is 71.8 Å². The fourth-order valence-electron chi connectivity index (χ4n) is 3.23. The van der Waals surface area contributed by atoms with E-state index in [1.54, 1.807) is 0 Å². The van der Waals surface area contributed by atoms with Crippen LogP contribution in [0.3, 0.4) is 0 Å². The van der Waals surface area contributed by atoms with Crippen LogP contribution in [0.15, 0.2) is 60.7 Å². The highest BCUT2D eigenvalue weighted by molar-refractivity contribution is 5.85. The van der Waals surface area contributed by atoms with Gasteiger partial charge >= 0.3 is 0 Å². The molecular formula is C21H27ClN2O. The van der Waals surface area contributed by atoms with Crippen molar-refractivity contribution in [3.8, 4) is 0 Å². The molecule has 4 heteroatoms. The van der Waals surface area contributed by atoms with Gasteiger partial charge in [0.1, 0.15) is 0 Å². The monoisotopic (exact) mass is 358 g/mol. The number of halogens is 1. The maximum absolute atomic E-state index is 13.2. The maximum Gasteiger partial charge on any atom is 0.226 e. The maximum atomic E-state index is 13.2. The molecule has 0 radical (unpaired) electrons. The number of nitrogens with one attached hydrogen (secondary N) is 1. The molecule has 134 valence electrons. The second-order valence-electron chi connectivity index (χ2n) is 6.75. The molecule has 1 amide bonds. The van der Waals surface area contributed by atoms with Crippen LogP contribution in [-0.2, 0) is 11.3 Å². The summed E-state index contributed by atoms with van der Waals surface area (Å²) < 4.78 is 0. The van der Waals surface area contributed by atoms with Gasteiger partial charge in [-0.1, -0.05) is 67.6 Å². The number of benzene rings is 2. The van der Waals surface area contributed by atoms with E-state index >= 15 is 0 Å². The molecule has 0 bridgehead atoms. The van der Waals surface area contributed by atoms with Gasteiger partial charge < -0.3 is 10.2 Å². The Balaban J connectivity index is 0.00000225. The molecule has 3 nitrogen and oxygen atoms in total. The van der Waals surface area contributed by atoms with Gasteiger partial charge in [-0.25, -0.2) is 0 Å². The number of rotatable bonds is 6.